The molecule has 1 aromatic carbocycles. The monoisotopic (exact) mass is 289 g/mol. The summed E-state index contributed by atoms with van der Waals surface area (Å²) in [4.78, 5) is 0. The van der Waals surface area contributed by atoms with Gasteiger partial charge in [0.25, 0.3) is 0 Å². The van der Waals surface area contributed by atoms with Crippen LogP contribution in [0.25, 0.3) is 0 Å². The lowest BCUT2D eigenvalue weighted by atomic mass is 10.0. The van der Waals surface area contributed by atoms with Gasteiger partial charge in [-0.1, -0.05) is 35.3 Å². The molecule has 0 aliphatic heterocycles. The van der Waals surface area contributed by atoms with E-state index in [0.717, 1.165) is 5.56 Å². The number of hydrogen-bond acceptors (Lipinski definition) is 2. The highest BCUT2D eigenvalue weighted by molar-refractivity contribution is 7.20. The summed E-state index contributed by atoms with van der Waals surface area (Å²) in [6.45, 7) is 1.83. The Morgan fingerprint density at radius 1 is 1.24 bits per heavy atom. The third-order valence-electron chi connectivity index (χ3n) is 2.51. The molecule has 0 fully saturated rings. The molecule has 1 unspecified atom stereocenters. The number of nitrogens with two attached hydrogens (primary N) is 1. The second-order valence-corrected chi connectivity index (χ2v) is 6.07. The van der Waals surface area contributed by atoms with Crippen LogP contribution in [0.15, 0.2) is 24.3 Å². The minimum atomic E-state index is -0.591. The standard InChI is InChI=1S/C12H10Cl2FNS/c1-6-2-3-7(9(15)4-6)11(16)8-5-10(13)17-12(8)14/h2-5,11H,16H2,1H3. The predicted octanol–water partition coefficient (Wildman–Crippen LogP) is 4.55. The zero-order valence-corrected chi connectivity index (χ0v) is 11.3. The third kappa shape index (κ3) is 2.63. The van der Waals surface area contributed by atoms with Gasteiger partial charge in [0.05, 0.1) is 14.7 Å². The molecule has 0 saturated carbocycles. The van der Waals surface area contributed by atoms with Gasteiger partial charge in [-0.3, -0.25) is 0 Å². The Morgan fingerprint density at radius 3 is 2.47 bits per heavy atom. The lowest BCUT2D eigenvalue weighted by molar-refractivity contribution is 0.599. The zero-order valence-electron chi connectivity index (χ0n) is 9.01. The van der Waals surface area contributed by atoms with Crippen molar-refractivity contribution in [3.8, 4) is 0 Å². The van der Waals surface area contributed by atoms with Crippen molar-refractivity contribution in [2.75, 3.05) is 0 Å². The smallest absolute Gasteiger partial charge is 0.128 e. The number of thiophene rings is 1. The number of aryl methyl sites for hydroxylation is 1. The van der Waals surface area contributed by atoms with Crippen LogP contribution in [0, 0.1) is 12.7 Å². The van der Waals surface area contributed by atoms with E-state index >= 15 is 0 Å². The average Bonchev–Trinajstić information content (AvgIpc) is 2.57. The van der Waals surface area contributed by atoms with E-state index in [-0.39, 0.29) is 5.82 Å². The first kappa shape index (κ1) is 12.8. The lowest BCUT2D eigenvalue weighted by Crippen LogP contribution is -2.13. The summed E-state index contributed by atoms with van der Waals surface area (Å²) in [5, 5.41) is 0. The van der Waals surface area contributed by atoms with Gasteiger partial charge >= 0.3 is 0 Å². The van der Waals surface area contributed by atoms with E-state index in [1.165, 1.54) is 17.4 Å². The molecule has 90 valence electrons. The van der Waals surface area contributed by atoms with Crippen molar-refractivity contribution in [2.45, 2.75) is 13.0 Å². The first-order chi connectivity index (χ1) is 7.99. The Balaban J connectivity index is 2.43. The molecule has 2 aromatic rings. The van der Waals surface area contributed by atoms with Crippen LogP contribution in [0.2, 0.25) is 8.67 Å². The molecular formula is C12H10Cl2FNS. The lowest BCUT2D eigenvalue weighted by Gasteiger charge is -2.12. The van der Waals surface area contributed by atoms with E-state index in [1.807, 2.05) is 13.0 Å². The topological polar surface area (TPSA) is 26.0 Å². The van der Waals surface area contributed by atoms with Crippen LogP contribution in [0.3, 0.4) is 0 Å². The summed E-state index contributed by atoms with van der Waals surface area (Å²) in [6, 6.07) is 6.04. The second-order valence-electron chi connectivity index (χ2n) is 3.78. The normalized spacial score (nSPS) is 12.8. The van der Waals surface area contributed by atoms with Crippen molar-refractivity contribution in [2.24, 2.45) is 5.73 Å². The van der Waals surface area contributed by atoms with Crippen LogP contribution in [-0.2, 0) is 0 Å². The van der Waals surface area contributed by atoms with Gasteiger partial charge in [-0.25, -0.2) is 4.39 Å². The average molecular weight is 290 g/mol. The maximum absolute atomic E-state index is 13.8. The molecule has 0 radical (unpaired) electrons. The maximum Gasteiger partial charge on any atom is 0.128 e. The summed E-state index contributed by atoms with van der Waals surface area (Å²) in [7, 11) is 0. The van der Waals surface area contributed by atoms with E-state index in [1.54, 1.807) is 12.1 Å². The van der Waals surface area contributed by atoms with Crippen molar-refractivity contribution in [1.82, 2.24) is 0 Å². The summed E-state index contributed by atoms with van der Waals surface area (Å²) >= 11 is 13.1. The molecule has 5 heteroatoms. The first-order valence-corrected chi connectivity index (χ1v) is 6.52. The second kappa shape index (κ2) is 4.94. The summed E-state index contributed by atoms with van der Waals surface area (Å²) in [6.07, 6.45) is 0. The van der Waals surface area contributed by atoms with Gasteiger partial charge in [-0.2, -0.15) is 0 Å². The van der Waals surface area contributed by atoms with Crippen LogP contribution in [0.4, 0.5) is 4.39 Å². The van der Waals surface area contributed by atoms with Crippen molar-refractivity contribution in [3.63, 3.8) is 0 Å². The van der Waals surface area contributed by atoms with Crippen molar-refractivity contribution >= 4 is 34.5 Å². The van der Waals surface area contributed by atoms with Gasteiger partial charge in [-0.15, -0.1) is 11.3 Å². The molecule has 0 aliphatic carbocycles. The van der Waals surface area contributed by atoms with Crippen LogP contribution in [0.1, 0.15) is 22.7 Å². The molecular weight excluding hydrogens is 280 g/mol. The molecule has 2 N–H and O–H groups in total. The van der Waals surface area contributed by atoms with E-state index in [0.29, 0.717) is 19.8 Å². The SMILES string of the molecule is Cc1ccc(C(N)c2cc(Cl)sc2Cl)c(F)c1. The number of halogens is 3. The number of hydrogen-bond donors (Lipinski definition) is 1. The number of benzene rings is 1. The van der Waals surface area contributed by atoms with E-state index in [2.05, 4.69) is 0 Å². The molecule has 1 heterocycles. The highest BCUT2D eigenvalue weighted by Gasteiger charge is 2.18. The van der Waals surface area contributed by atoms with Crippen molar-refractivity contribution in [3.05, 3.63) is 55.4 Å². The molecule has 2 rings (SSSR count). The Labute approximate surface area is 113 Å². The van der Waals surface area contributed by atoms with Gasteiger partial charge < -0.3 is 5.73 Å². The molecule has 1 atom stereocenters. The number of rotatable bonds is 2. The van der Waals surface area contributed by atoms with Gasteiger partial charge in [0.2, 0.25) is 0 Å². The van der Waals surface area contributed by atoms with Crippen LogP contribution >= 0.6 is 34.5 Å². The van der Waals surface area contributed by atoms with Crippen molar-refractivity contribution in [1.29, 1.82) is 0 Å². The Morgan fingerprint density at radius 2 is 1.94 bits per heavy atom. The third-order valence-corrected chi connectivity index (χ3v) is 4.03. The summed E-state index contributed by atoms with van der Waals surface area (Å²) in [5.41, 5.74) is 7.94. The van der Waals surface area contributed by atoms with Gasteiger partial charge in [0.1, 0.15) is 5.82 Å². The first-order valence-electron chi connectivity index (χ1n) is 4.95. The molecule has 1 aromatic heterocycles. The summed E-state index contributed by atoms with van der Waals surface area (Å²) < 4.78 is 14.8. The predicted molar refractivity (Wildman–Crippen MR) is 71.5 cm³/mol. The minimum absolute atomic E-state index is 0.323. The Kier molecular flexibility index (Phi) is 3.73. The molecule has 17 heavy (non-hydrogen) atoms. The molecule has 0 aliphatic rings. The fourth-order valence-corrected chi connectivity index (χ4v) is 3.17. The minimum Gasteiger partial charge on any atom is -0.320 e. The molecule has 1 nitrogen and oxygen atoms in total. The molecule has 0 saturated heterocycles. The highest BCUT2D eigenvalue weighted by Crippen LogP contribution is 2.36. The van der Waals surface area contributed by atoms with E-state index in [9.17, 15) is 4.39 Å². The van der Waals surface area contributed by atoms with Gasteiger partial charge in [0.15, 0.2) is 0 Å². The largest absolute Gasteiger partial charge is 0.320 e. The van der Waals surface area contributed by atoms with Gasteiger partial charge in [0, 0.05) is 11.1 Å². The zero-order chi connectivity index (χ0) is 12.6. The molecule has 0 amide bonds. The summed E-state index contributed by atoms with van der Waals surface area (Å²) in [5.74, 6) is -0.323. The highest BCUT2D eigenvalue weighted by atomic mass is 35.5. The van der Waals surface area contributed by atoms with Crippen LogP contribution in [0.5, 0.6) is 0 Å². The van der Waals surface area contributed by atoms with Crippen LogP contribution in [-0.4, -0.2) is 0 Å². The van der Waals surface area contributed by atoms with E-state index < -0.39 is 6.04 Å². The molecule has 0 spiro atoms. The quantitative estimate of drug-likeness (QED) is 0.862. The Hall–Kier alpha value is -0.610. The Bertz CT molecular complexity index is 553. The molecule has 0 bridgehead atoms. The van der Waals surface area contributed by atoms with Gasteiger partial charge in [-0.05, 0) is 24.6 Å². The fourth-order valence-electron chi connectivity index (χ4n) is 1.62. The fraction of sp³-hybridized carbons (Fsp3) is 0.167. The maximum atomic E-state index is 13.8. The van der Waals surface area contributed by atoms with E-state index in [4.69, 9.17) is 28.9 Å². The van der Waals surface area contributed by atoms with Crippen LogP contribution < -0.4 is 5.73 Å². The van der Waals surface area contributed by atoms with Crippen molar-refractivity contribution < 1.29 is 4.39 Å².